The fourth-order valence-electron chi connectivity index (χ4n) is 3.75. The summed E-state index contributed by atoms with van der Waals surface area (Å²) >= 11 is 0. The molecule has 3 fully saturated rings. The topological polar surface area (TPSA) is 26.0 Å². The minimum absolute atomic E-state index is 0.925. The standard InChI is InChI=1S/C9H15N/c10-4-7-2-5-1-6-3-8(7)9(5)6/h5-9H,1-4,10H2. The molecule has 3 aliphatic rings. The third kappa shape index (κ3) is 0.430. The van der Waals surface area contributed by atoms with Gasteiger partial charge in [0, 0.05) is 0 Å². The summed E-state index contributed by atoms with van der Waals surface area (Å²) in [5.74, 6) is 5.44. The molecule has 0 heterocycles. The molecule has 0 bridgehead atoms. The summed E-state index contributed by atoms with van der Waals surface area (Å²) in [6.07, 6.45) is 4.56. The van der Waals surface area contributed by atoms with Crippen LogP contribution in [0.5, 0.6) is 0 Å². The van der Waals surface area contributed by atoms with Crippen LogP contribution in [-0.4, -0.2) is 6.54 Å². The third-order valence-electron chi connectivity index (χ3n) is 4.28. The van der Waals surface area contributed by atoms with Crippen molar-refractivity contribution in [1.29, 1.82) is 0 Å². The van der Waals surface area contributed by atoms with Gasteiger partial charge in [-0.25, -0.2) is 0 Å². The summed E-state index contributed by atoms with van der Waals surface area (Å²) in [6.45, 7) is 0.963. The van der Waals surface area contributed by atoms with E-state index >= 15 is 0 Å². The van der Waals surface area contributed by atoms with Gasteiger partial charge in [0.05, 0.1) is 0 Å². The van der Waals surface area contributed by atoms with Crippen molar-refractivity contribution >= 4 is 0 Å². The largest absolute Gasteiger partial charge is 0.330 e. The second kappa shape index (κ2) is 1.58. The molecule has 2 N–H and O–H groups in total. The molecule has 5 unspecified atom stereocenters. The van der Waals surface area contributed by atoms with E-state index in [2.05, 4.69) is 0 Å². The van der Waals surface area contributed by atoms with Gasteiger partial charge in [-0.05, 0) is 55.4 Å². The summed E-state index contributed by atoms with van der Waals surface area (Å²) in [5, 5.41) is 0. The Balaban J connectivity index is 1.83. The van der Waals surface area contributed by atoms with Gasteiger partial charge in [0.15, 0.2) is 0 Å². The molecule has 0 aromatic heterocycles. The van der Waals surface area contributed by atoms with Crippen LogP contribution in [0.1, 0.15) is 19.3 Å². The minimum Gasteiger partial charge on any atom is -0.330 e. The third-order valence-corrected chi connectivity index (χ3v) is 4.28. The van der Waals surface area contributed by atoms with Gasteiger partial charge in [-0.2, -0.15) is 0 Å². The molecule has 3 aliphatic carbocycles. The first-order valence-electron chi connectivity index (χ1n) is 4.60. The molecule has 0 aromatic rings. The molecule has 10 heavy (non-hydrogen) atoms. The predicted octanol–water partition coefficient (Wildman–Crippen LogP) is 1.24. The highest BCUT2D eigenvalue weighted by Gasteiger charge is 2.60. The lowest BCUT2D eigenvalue weighted by molar-refractivity contribution is -0.0475. The Kier molecular flexibility index (Phi) is 0.883. The molecular formula is C9H15N. The van der Waals surface area contributed by atoms with E-state index in [9.17, 15) is 0 Å². The van der Waals surface area contributed by atoms with Crippen LogP contribution in [0, 0.1) is 29.6 Å². The van der Waals surface area contributed by atoms with Crippen molar-refractivity contribution < 1.29 is 0 Å². The first kappa shape index (κ1) is 5.59. The first-order chi connectivity index (χ1) is 4.90. The molecule has 0 amide bonds. The van der Waals surface area contributed by atoms with Gasteiger partial charge in [0.25, 0.3) is 0 Å². The molecule has 0 aromatic carbocycles. The molecular weight excluding hydrogens is 122 g/mol. The highest BCUT2D eigenvalue weighted by molar-refractivity contribution is 5.09. The molecule has 0 saturated heterocycles. The van der Waals surface area contributed by atoms with Crippen molar-refractivity contribution in [3.63, 3.8) is 0 Å². The van der Waals surface area contributed by atoms with Crippen LogP contribution in [0.15, 0.2) is 0 Å². The van der Waals surface area contributed by atoms with Gasteiger partial charge in [-0.1, -0.05) is 0 Å². The van der Waals surface area contributed by atoms with Gasteiger partial charge >= 0.3 is 0 Å². The summed E-state index contributed by atoms with van der Waals surface area (Å²) < 4.78 is 0. The van der Waals surface area contributed by atoms with Gasteiger partial charge < -0.3 is 5.73 Å². The van der Waals surface area contributed by atoms with Gasteiger partial charge in [-0.15, -0.1) is 0 Å². The molecule has 1 heteroatoms. The van der Waals surface area contributed by atoms with E-state index in [0.717, 1.165) is 36.1 Å². The van der Waals surface area contributed by atoms with Gasteiger partial charge in [0.1, 0.15) is 0 Å². The lowest BCUT2D eigenvalue weighted by atomic mass is 9.51. The number of rotatable bonds is 1. The molecule has 3 rings (SSSR count). The Hall–Kier alpha value is -0.0400. The highest BCUT2D eigenvalue weighted by atomic mass is 14.7. The minimum atomic E-state index is 0.925. The summed E-state index contributed by atoms with van der Waals surface area (Å²) in [7, 11) is 0. The van der Waals surface area contributed by atoms with Crippen LogP contribution in [-0.2, 0) is 0 Å². The Labute approximate surface area is 62.0 Å². The molecule has 0 spiro atoms. The maximum atomic E-state index is 5.70. The van der Waals surface area contributed by atoms with E-state index in [1.165, 1.54) is 12.8 Å². The zero-order valence-corrected chi connectivity index (χ0v) is 6.29. The Morgan fingerprint density at radius 3 is 2.50 bits per heavy atom. The van der Waals surface area contributed by atoms with Crippen molar-refractivity contribution in [1.82, 2.24) is 0 Å². The van der Waals surface area contributed by atoms with Crippen molar-refractivity contribution in [2.24, 2.45) is 35.3 Å². The van der Waals surface area contributed by atoms with Crippen LogP contribution >= 0.6 is 0 Å². The lowest BCUT2D eigenvalue weighted by Crippen LogP contribution is -2.47. The van der Waals surface area contributed by atoms with Crippen LogP contribution in [0.2, 0.25) is 0 Å². The van der Waals surface area contributed by atoms with E-state index in [4.69, 9.17) is 5.73 Å². The molecule has 0 aliphatic heterocycles. The quantitative estimate of drug-likeness (QED) is 0.578. The van der Waals surface area contributed by atoms with E-state index in [1.807, 2.05) is 0 Å². The Bertz CT molecular complexity index is 166. The van der Waals surface area contributed by atoms with E-state index < -0.39 is 0 Å². The smallest absolute Gasteiger partial charge is 0.00460 e. The molecule has 1 nitrogen and oxygen atoms in total. The monoisotopic (exact) mass is 137 g/mol. The molecule has 3 saturated carbocycles. The fourth-order valence-corrected chi connectivity index (χ4v) is 3.75. The summed E-state index contributed by atoms with van der Waals surface area (Å²) in [5.41, 5.74) is 5.70. The predicted molar refractivity (Wildman–Crippen MR) is 40.4 cm³/mol. The number of hydrogen-bond acceptors (Lipinski definition) is 1. The van der Waals surface area contributed by atoms with Crippen molar-refractivity contribution in [3.8, 4) is 0 Å². The number of nitrogens with two attached hydrogens (primary N) is 1. The van der Waals surface area contributed by atoms with Crippen molar-refractivity contribution in [2.45, 2.75) is 19.3 Å². The van der Waals surface area contributed by atoms with E-state index in [-0.39, 0.29) is 0 Å². The molecule has 0 radical (unpaired) electrons. The Morgan fingerprint density at radius 2 is 1.90 bits per heavy atom. The zero-order chi connectivity index (χ0) is 6.72. The van der Waals surface area contributed by atoms with E-state index in [0.29, 0.717) is 0 Å². The SMILES string of the molecule is NCC1CC2CC3CC1C23. The maximum absolute atomic E-state index is 5.70. The zero-order valence-electron chi connectivity index (χ0n) is 6.29. The average molecular weight is 137 g/mol. The molecule has 5 atom stereocenters. The van der Waals surface area contributed by atoms with Crippen LogP contribution < -0.4 is 5.73 Å². The van der Waals surface area contributed by atoms with E-state index in [1.54, 1.807) is 6.42 Å². The Morgan fingerprint density at radius 1 is 1.10 bits per heavy atom. The van der Waals surface area contributed by atoms with Crippen LogP contribution in [0.4, 0.5) is 0 Å². The summed E-state index contributed by atoms with van der Waals surface area (Å²) in [6, 6.07) is 0. The normalized spacial score (nSPS) is 62.7. The highest BCUT2D eigenvalue weighted by Crippen LogP contribution is 2.67. The van der Waals surface area contributed by atoms with Crippen molar-refractivity contribution in [2.75, 3.05) is 6.54 Å². The van der Waals surface area contributed by atoms with Gasteiger partial charge in [-0.3, -0.25) is 0 Å². The van der Waals surface area contributed by atoms with Crippen LogP contribution in [0.3, 0.4) is 0 Å². The second-order valence-corrected chi connectivity index (χ2v) is 4.46. The second-order valence-electron chi connectivity index (χ2n) is 4.46. The number of hydrogen-bond donors (Lipinski definition) is 1. The summed E-state index contributed by atoms with van der Waals surface area (Å²) in [4.78, 5) is 0. The average Bonchev–Trinajstić information content (AvgIpc) is 2.06. The van der Waals surface area contributed by atoms with Crippen molar-refractivity contribution in [3.05, 3.63) is 0 Å². The molecule has 56 valence electrons. The maximum Gasteiger partial charge on any atom is -0.00460 e. The van der Waals surface area contributed by atoms with Gasteiger partial charge in [0.2, 0.25) is 0 Å². The van der Waals surface area contributed by atoms with Crippen LogP contribution in [0.25, 0.3) is 0 Å². The fraction of sp³-hybridized carbons (Fsp3) is 1.00. The lowest BCUT2D eigenvalue weighted by Gasteiger charge is -2.54. The first-order valence-corrected chi connectivity index (χ1v) is 4.60.